The van der Waals surface area contributed by atoms with Crippen LogP contribution in [0.5, 0.6) is 0 Å². The number of benzene rings is 2. The number of fused-ring (bicyclic) bond motifs is 1. The Bertz CT molecular complexity index is 1440. The molecule has 4 rings (SSSR count). The van der Waals surface area contributed by atoms with Gasteiger partial charge in [-0.1, -0.05) is 6.07 Å². The number of alkyl halides is 3. The van der Waals surface area contributed by atoms with Gasteiger partial charge in [-0.15, -0.1) is 0 Å². The smallest absolute Gasteiger partial charge is 0.369 e. The maximum atomic E-state index is 13.1. The number of anilines is 2. The maximum Gasteiger partial charge on any atom is 0.416 e. The van der Waals surface area contributed by atoms with Crippen LogP contribution in [-0.4, -0.2) is 37.8 Å². The van der Waals surface area contributed by atoms with Crippen molar-refractivity contribution in [1.82, 2.24) is 19.3 Å². The van der Waals surface area contributed by atoms with Gasteiger partial charge in [0.1, 0.15) is 18.3 Å². The first-order valence-electron chi connectivity index (χ1n) is 11.4. The fourth-order valence-corrected chi connectivity index (χ4v) is 4.00. The van der Waals surface area contributed by atoms with Gasteiger partial charge in [-0.05, 0) is 63.2 Å². The normalized spacial score (nSPS) is 11.8. The molecule has 8 nitrogen and oxygen atoms in total. The lowest BCUT2D eigenvalue weighted by Crippen LogP contribution is -2.30. The molecular weight excluding hydrogens is 473 g/mol. The van der Waals surface area contributed by atoms with Crippen LogP contribution in [0.15, 0.2) is 65.8 Å². The summed E-state index contributed by atoms with van der Waals surface area (Å²) in [5, 5.41) is 6.89. The van der Waals surface area contributed by atoms with Crippen molar-refractivity contribution in [3.8, 4) is 5.69 Å². The van der Waals surface area contributed by atoms with E-state index in [4.69, 9.17) is 0 Å². The molecule has 0 saturated heterocycles. The SMILES string of the molecule is CCN(c1ccc(NC(=O)Cn2cnc3c(cnn3-c3cccc(C(F)(F)F)c3)c2=O)cc1)C(C)C. The predicted octanol–water partition coefficient (Wildman–Crippen LogP) is 4.47. The first-order chi connectivity index (χ1) is 17.1. The summed E-state index contributed by atoms with van der Waals surface area (Å²) in [5.74, 6) is -0.424. The van der Waals surface area contributed by atoms with Gasteiger partial charge in [0.15, 0.2) is 5.65 Å². The Morgan fingerprint density at radius 2 is 1.86 bits per heavy atom. The minimum absolute atomic E-state index is 0.0837. The van der Waals surface area contributed by atoms with E-state index in [0.717, 1.165) is 33.6 Å². The molecule has 2 heterocycles. The lowest BCUT2D eigenvalue weighted by atomic mass is 10.2. The number of carbonyl (C=O) groups is 1. The van der Waals surface area contributed by atoms with E-state index < -0.39 is 23.2 Å². The molecule has 2 aromatic carbocycles. The summed E-state index contributed by atoms with van der Waals surface area (Å²) in [5.41, 5.74) is 0.465. The summed E-state index contributed by atoms with van der Waals surface area (Å²) in [6.07, 6.45) is -2.11. The molecule has 0 spiro atoms. The number of carbonyl (C=O) groups excluding carboxylic acids is 1. The first-order valence-corrected chi connectivity index (χ1v) is 11.4. The summed E-state index contributed by atoms with van der Waals surface area (Å²) < 4.78 is 41.5. The second-order valence-electron chi connectivity index (χ2n) is 8.49. The number of nitrogens with one attached hydrogen (secondary N) is 1. The van der Waals surface area contributed by atoms with Crippen molar-refractivity contribution in [2.24, 2.45) is 0 Å². The van der Waals surface area contributed by atoms with Gasteiger partial charge in [0.2, 0.25) is 5.91 Å². The molecule has 0 saturated carbocycles. The van der Waals surface area contributed by atoms with Crippen LogP contribution < -0.4 is 15.8 Å². The molecule has 36 heavy (non-hydrogen) atoms. The average Bonchev–Trinajstić information content (AvgIpc) is 3.27. The lowest BCUT2D eigenvalue weighted by Gasteiger charge is -2.27. The zero-order valence-corrected chi connectivity index (χ0v) is 20.0. The molecule has 0 aliphatic rings. The van der Waals surface area contributed by atoms with E-state index in [-0.39, 0.29) is 23.3 Å². The molecular formula is C25H25F3N6O2. The minimum atomic E-state index is -4.52. The highest BCUT2D eigenvalue weighted by molar-refractivity contribution is 5.91. The molecule has 0 unspecified atom stereocenters. The molecule has 1 amide bonds. The third-order valence-electron chi connectivity index (χ3n) is 5.73. The number of halogens is 3. The van der Waals surface area contributed by atoms with E-state index >= 15 is 0 Å². The minimum Gasteiger partial charge on any atom is -0.369 e. The van der Waals surface area contributed by atoms with Gasteiger partial charge >= 0.3 is 6.18 Å². The van der Waals surface area contributed by atoms with Crippen LogP contribution in [0, 0.1) is 0 Å². The van der Waals surface area contributed by atoms with Gasteiger partial charge in [0.25, 0.3) is 5.56 Å². The van der Waals surface area contributed by atoms with Gasteiger partial charge in [-0.2, -0.15) is 18.3 Å². The highest BCUT2D eigenvalue weighted by Gasteiger charge is 2.30. The number of amides is 1. The van der Waals surface area contributed by atoms with Crippen LogP contribution in [0.2, 0.25) is 0 Å². The average molecular weight is 499 g/mol. The van der Waals surface area contributed by atoms with Crippen LogP contribution >= 0.6 is 0 Å². The van der Waals surface area contributed by atoms with E-state index in [1.54, 1.807) is 12.1 Å². The Hall–Kier alpha value is -4.15. The van der Waals surface area contributed by atoms with E-state index in [0.29, 0.717) is 11.7 Å². The summed E-state index contributed by atoms with van der Waals surface area (Å²) >= 11 is 0. The first kappa shape index (κ1) is 25.0. The Labute approximate surface area is 205 Å². The fraction of sp³-hybridized carbons (Fsp3) is 0.280. The van der Waals surface area contributed by atoms with E-state index in [1.807, 2.05) is 12.1 Å². The summed E-state index contributed by atoms with van der Waals surface area (Å²) in [6.45, 7) is 6.84. The number of hydrogen-bond donors (Lipinski definition) is 1. The van der Waals surface area contributed by atoms with Gasteiger partial charge in [0.05, 0.1) is 17.4 Å². The van der Waals surface area contributed by atoms with Gasteiger partial charge in [-0.25, -0.2) is 9.67 Å². The molecule has 188 valence electrons. The summed E-state index contributed by atoms with van der Waals surface area (Å²) in [4.78, 5) is 31.9. The largest absolute Gasteiger partial charge is 0.416 e. The van der Waals surface area contributed by atoms with Crippen molar-refractivity contribution >= 4 is 28.3 Å². The fourth-order valence-electron chi connectivity index (χ4n) is 4.00. The topological polar surface area (TPSA) is 85.1 Å². The van der Waals surface area contributed by atoms with Crippen molar-refractivity contribution in [2.75, 3.05) is 16.8 Å². The second kappa shape index (κ2) is 9.84. The summed E-state index contributed by atoms with van der Waals surface area (Å²) in [6, 6.07) is 12.3. The Morgan fingerprint density at radius 3 is 2.50 bits per heavy atom. The maximum absolute atomic E-state index is 13.1. The Morgan fingerprint density at radius 1 is 1.14 bits per heavy atom. The zero-order valence-electron chi connectivity index (χ0n) is 20.0. The standard InChI is InChI=1S/C25H25F3N6O2/c1-4-33(16(2)3)19-10-8-18(9-11-19)31-22(35)14-32-15-29-23-21(24(32)36)13-30-34(23)20-7-5-6-17(12-20)25(26,27)28/h5-13,15-16H,4,14H2,1-3H3,(H,31,35). The molecule has 0 aliphatic heterocycles. The predicted molar refractivity (Wildman–Crippen MR) is 131 cm³/mol. The lowest BCUT2D eigenvalue weighted by molar-refractivity contribution is -0.137. The Kier molecular flexibility index (Phi) is 6.82. The van der Waals surface area contributed by atoms with Crippen LogP contribution in [-0.2, 0) is 17.5 Å². The van der Waals surface area contributed by atoms with Crippen molar-refractivity contribution < 1.29 is 18.0 Å². The Balaban J connectivity index is 1.52. The monoisotopic (exact) mass is 498 g/mol. The van der Waals surface area contributed by atoms with Crippen molar-refractivity contribution in [3.63, 3.8) is 0 Å². The third-order valence-corrected chi connectivity index (χ3v) is 5.73. The highest BCUT2D eigenvalue weighted by Crippen LogP contribution is 2.30. The van der Waals surface area contributed by atoms with E-state index in [1.165, 1.54) is 24.7 Å². The van der Waals surface area contributed by atoms with E-state index in [2.05, 4.69) is 41.1 Å². The number of rotatable bonds is 7. The molecule has 1 N–H and O–H groups in total. The van der Waals surface area contributed by atoms with Crippen molar-refractivity contribution in [2.45, 2.75) is 39.5 Å². The van der Waals surface area contributed by atoms with Crippen LogP contribution in [0.3, 0.4) is 0 Å². The molecule has 0 radical (unpaired) electrons. The van der Waals surface area contributed by atoms with Crippen LogP contribution in [0.4, 0.5) is 24.5 Å². The van der Waals surface area contributed by atoms with Crippen molar-refractivity contribution in [3.05, 3.63) is 77.0 Å². The molecule has 0 bridgehead atoms. The molecule has 11 heteroatoms. The van der Waals surface area contributed by atoms with Crippen LogP contribution in [0.25, 0.3) is 16.7 Å². The summed E-state index contributed by atoms with van der Waals surface area (Å²) in [7, 11) is 0. The van der Waals surface area contributed by atoms with Gasteiger partial charge in [-0.3, -0.25) is 14.2 Å². The van der Waals surface area contributed by atoms with Crippen molar-refractivity contribution in [1.29, 1.82) is 0 Å². The zero-order chi connectivity index (χ0) is 26.0. The van der Waals surface area contributed by atoms with E-state index in [9.17, 15) is 22.8 Å². The molecule has 0 atom stereocenters. The highest BCUT2D eigenvalue weighted by atomic mass is 19.4. The van der Waals surface area contributed by atoms with Crippen LogP contribution in [0.1, 0.15) is 26.3 Å². The number of aromatic nitrogens is 4. The molecule has 4 aromatic rings. The third kappa shape index (κ3) is 5.09. The van der Waals surface area contributed by atoms with Gasteiger partial charge in [0, 0.05) is 24.0 Å². The van der Waals surface area contributed by atoms with Gasteiger partial charge < -0.3 is 10.2 Å². The molecule has 0 fully saturated rings. The quantitative estimate of drug-likeness (QED) is 0.406. The molecule has 2 aromatic heterocycles. The number of nitrogens with zero attached hydrogens (tertiary/aromatic N) is 5. The number of hydrogen-bond acceptors (Lipinski definition) is 5. The molecule has 0 aliphatic carbocycles. The second-order valence-corrected chi connectivity index (χ2v) is 8.49.